The van der Waals surface area contributed by atoms with Gasteiger partial charge in [0.05, 0.1) is 9.82 Å². The molecular weight excluding hydrogens is 312 g/mol. The van der Waals surface area contributed by atoms with Gasteiger partial charge in [0.25, 0.3) is 11.6 Å². The Morgan fingerprint density at radius 1 is 1.22 bits per heavy atom. The number of rotatable bonds is 6. The van der Waals surface area contributed by atoms with Crippen LogP contribution >= 0.6 is 11.8 Å². The number of carbonyl (C=O) groups is 1. The summed E-state index contributed by atoms with van der Waals surface area (Å²) in [5, 5.41) is 14.0. The molecule has 0 atom stereocenters. The third-order valence-corrected chi connectivity index (χ3v) is 4.28. The van der Waals surface area contributed by atoms with Crippen molar-refractivity contribution in [3.05, 3.63) is 63.7 Å². The van der Waals surface area contributed by atoms with E-state index in [-0.39, 0.29) is 11.6 Å². The Labute approximate surface area is 139 Å². The summed E-state index contributed by atoms with van der Waals surface area (Å²) < 4.78 is 0. The average molecular weight is 330 g/mol. The van der Waals surface area contributed by atoms with Crippen molar-refractivity contribution in [2.24, 2.45) is 0 Å². The van der Waals surface area contributed by atoms with E-state index in [1.165, 1.54) is 17.8 Å². The van der Waals surface area contributed by atoms with E-state index in [0.717, 1.165) is 16.9 Å². The first-order valence-electron chi connectivity index (χ1n) is 7.32. The lowest BCUT2D eigenvalue weighted by atomic mass is 10.2. The Balaban J connectivity index is 2.27. The molecule has 0 bridgehead atoms. The molecule has 0 aromatic heterocycles. The second kappa shape index (κ2) is 7.78. The Morgan fingerprint density at radius 2 is 1.91 bits per heavy atom. The molecule has 0 heterocycles. The van der Waals surface area contributed by atoms with Crippen molar-refractivity contribution in [2.75, 3.05) is 6.54 Å². The number of nitrogens with zero attached hydrogens (tertiary/aromatic N) is 1. The fraction of sp³-hybridized carbons (Fsp3) is 0.235. The molecule has 0 spiro atoms. The van der Waals surface area contributed by atoms with Crippen molar-refractivity contribution in [3.63, 3.8) is 0 Å². The Kier molecular flexibility index (Phi) is 5.76. The molecule has 0 aliphatic heterocycles. The molecule has 2 rings (SSSR count). The summed E-state index contributed by atoms with van der Waals surface area (Å²) in [6, 6.07) is 12.3. The van der Waals surface area contributed by atoms with Crippen LogP contribution in [0.2, 0.25) is 0 Å². The number of hydrogen-bond donors (Lipinski definition) is 1. The highest BCUT2D eigenvalue weighted by atomic mass is 32.2. The van der Waals surface area contributed by atoms with Crippen molar-refractivity contribution >= 4 is 23.4 Å². The maximum absolute atomic E-state index is 11.9. The highest BCUT2D eigenvalue weighted by Gasteiger charge is 2.18. The Hall–Kier alpha value is -2.34. The van der Waals surface area contributed by atoms with Crippen molar-refractivity contribution < 1.29 is 9.72 Å². The SMILES string of the molecule is CCCNC(=O)c1ccc(Sc2ccc(C)cc2)c([N+](=O)[O-])c1. The molecule has 0 fully saturated rings. The van der Waals surface area contributed by atoms with Crippen LogP contribution in [0, 0.1) is 17.0 Å². The largest absolute Gasteiger partial charge is 0.352 e. The minimum Gasteiger partial charge on any atom is -0.352 e. The first-order chi connectivity index (χ1) is 11.0. The van der Waals surface area contributed by atoms with E-state index in [1.807, 2.05) is 38.1 Å². The summed E-state index contributed by atoms with van der Waals surface area (Å²) in [7, 11) is 0. The average Bonchev–Trinajstić information content (AvgIpc) is 2.54. The van der Waals surface area contributed by atoms with Gasteiger partial charge in [-0.1, -0.05) is 36.4 Å². The molecule has 2 aromatic carbocycles. The van der Waals surface area contributed by atoms with Gasteiger partial charge in [0.1, 0.15) is 0 Å². The van der Waals surface area contributed by atoms with Crippen LogP contribution in [-0.4, -0.2) is 17.4 Å². The number of nitro groups is 1. The van der Waals surface area contributed by atoms with E-state index in [2.05, 4.69) is 5.32 Å². The number of nitro benzene ring substituents is 1. The first kappa shape index (κ1) is 17.0. The highest BCUT2D eigenvalue weighted by molar-refractivity contribution is 7.99. The van der Waals surface area contributed by atoms with E-state index in [4.69, 9.17) is 0 Å². The molecule has 120 valence electrons. The zero-order valence-corrected chi connectivity index (χ0v) is 13.9. The fourth-order valence-corrected chi connectivity index (χ4v) is 2.86. The van der Waals surface area contributed by atoms with E-state index in [9.17, 15) is 14.9 Å². The lowest BCUT2D eigenvalue weighted by Crippen LogP contribution is -2.24. The molecule has 0 aliphatic rings. The molecule has 0 unspecified atom stereocenters. The van der Waals surface area contributed by atoms with Gasteiger partial charge in [-0.15, -0.1) is 0 Å². The van der Waals surface area contributed by atoms with Crippen molar-refractivity contribution in [2.45, 2.75) is 30.1 Å². The maximum atomic E-state index is 11.9. The van der Waals surface area contributed by atoms with Crippen LogP contribution in [0.4, 0.5) is 5.69 Å². The van der Waals surface area contributed by atoms with Crippen molar-refractivity contribution in [1.82, 2.24) is 5.32 Å². The first-order valence-corrected chi connectivity index (χ1v) is 8.14. The highest BCUT2D eigenvalue weighted by Crippen LogP contribution is 2.35. The smallest absolute Gasteiger partial charge is 0.284 e. The fourth-order valence-electron chi connectivity index (χ4n) is 1.96. The van der Waals surface area contributed by atoms with Crippen LogP contribution in [0.25, 0.3) is 0 Å². The topological polar surface area (TPSA) is 72.2 Å². The lowest BCUT2D eigenvalue weighted by molar-refractivity contribution is -0.387. The molecule has 0 saturated heterocycles. The quantitative estimate of drug-likeness (QED) is 0.636. The lowest BCUT2D eigenvalue weighted by Gasteiger charge is -2.07. The second-order valence-corrected chi connectivity index (χ2v) is 6.23. The number of nitrogens with one attached hydrogen (secondary N) is 1. The van der Waals surface area contributed by atoms with Gasteiger partial charge in [-0.05, 0) is 37.6 Å². The molecule has 0 saturated carbocycles. The molecule has 23 heavy (non-hydrogen) atoms. The van der Waals surface area contributed by atoms with E-state index in [0.29, 0.717) is 17.0 Å². The van der Waals surface area contributed by atoms with Crippen molar-refractivity contribution in [1.29, 1.82) is 0 Å². The predicted molar refractivity (Wildman–Crippen MR) is 91.0 cm³/mol. The maximum Gasteiger partial charge on any atom is 0.284 e. The number of carbonyl (C=O) groups excluding carboxylic acids is 1. The van der Waals surface area contributed by atoms with Crippen LogP contribution in [0.3, 0.4) is 0 Å². The van der Waals surface area contributed by atoms with Gasteiger partial charge in [-0.3, -0.25) is 14.9 Å². The Morgan fingerprint density at radius 3 is 2.52 bits per heavy atom. The van der Waals surface area contributed by atoms with Gasteiger partial charge in [-0.25, -0.2) is 0 Å². The summed E-state index contributed by atoms with van der Waals surface area (Å²) in [6.07, 6.45) is 0.815. The summed E-state index contributed by atoms with van der Waals surface area (Å²) in [5.41, 5.74) is 1.38. The van der Waals surface area contributed by atoms with E-state index < -0.39 is 4.92 Å². The molecule has 5 nitrogen and oxygen atoms in total. The second-order valence-electron chi connectivity index (χ2n) is 5.11. The molecule has 0 aliphatic carbocycles. The standard InChI is InChI=1S/C17H18N2O3S/c1-3-10-18-17(20)13-6-9-16(15(11-13)19(21)22)23-14-7-4-12(2)5-8-14/h4-9,11H,3,10H2,1-2H3,(H,18,20). The van der Waals surface area contributed by atoms with Crippen LogP contribution in [0.1, 0.15) is 29.3 Å². The van der Waals surface area contributed by atoms with Crippen LogP contribution < -0.4 is 5.32 Å². The minimum atomic E-state index is -0.451. The molecule has 1 N–H and O–H groups in total. The summed E-state index contributed by atoms with van der Waals surface area (Å²) in [4.78, 5) is 24.2. The van der Waals surface area contributed by atoms with Gasteiger partial charge in [-0.2, -0.15) is 0 Å². The zero-order chi connectivity index (χ0) is 16.8. The molecule has 2 aromatic rings. The van der Waals surface area contributed by atoms with Crippen LogP contribution in [0.15, 0.2) is 52.3 Å². The van der Waals surface area contributed by atoms with Crippen molar-refractivity contribution in [3.8, 4) is 0 Å². The van der Waals surface area contributed by atoms with Gasteiger partial charge in [0.15, 0.2) is 0 Å². The molecular formula is C17H18N2O3S. The van der Waals surface area contributed by atoms with E-state index >= 15 is 0 Å². The number of aryl methyl sites for hydroxylation is 1. The third-order valence-electron chi connectivity index (χ3n) is 3.20. The number of hydrogen-bond acceptors (Lipinski definition) is 4. The van der Waals surface area contributed by atoms with Gasteiger partial charge in [0.2, 0.25) is 0 Å². The third kappa shape index (κ3) is 4.56. The molecule has 6 heteroatoms. The minimum absolute atomic E-state index is 0.0558. The van der Waals surface area contributed by atoms with Gasteiger partial charge >= 0.3 is 0 Å². The summed E-state index contributed by atoms with van der Waals surface area (Å²) in [6.45, 7) is 4.48. The number of amides is 1. The zero-order valence-electron chi connectivity index (χ0n) is 13.0. The molecule has 0 radical (unpaired) electrons. The Bertz CT molecular complexity index is 714. The molecule has 1 amide bonds. The predicted octanol–water partition coefficient (Wildman–Crippen LogP) is 4.19. The summed E-state index contributed by atoms with van der Waals surface area (Å²) >= 11 is 1.32. The monoisotopic (exact) mass is 330 g/mol. The van der Waals surface area contributed by atoms with Gasteiger partial charge in [0, 0.05) is 23.1 Å². The van der Waals surface area contributed by atoms with Gasteiger partial charge < -0.3 is 5.32 Å². The van der Waals surface area contributed by atoms with Crippen LogP contribution in [0.5, 0.6) is 0 Å². The normalized spacial score (nSPS) is 10.3. The van der Waals surface area contributed by atoms with Crippen LogP contribution in [-0.2, 0) is 0 Å². The number of benzene rings is 2. The summed E-state index contributed by atoms with van der Waals surface area (Å²) in [5.74, 6) is -0.290. The van der Waals surface area contributed by atoms with E-state index in [1.54, 1.807) is 12.1 Å².